The summed E-state index contributed by atoms with van der Waals surface area (Å²) in [5.74, 6) is 0.547. The summed E-state index contributed by atoms with van der Waals surface area (Å²) < 4.78 is 2.91. The predicted molar refractivity (Wildman–Crippen MR) is 147 cm³/mol. The van der Waals surface area contributed by atoms with Crippen LogP contribution in [0.15, 0.2) is 94.1 Å². The fraction of sp³-hybridized carbons (Fsp3) is 0.154. The number of carbonyl (C=O) groups excluding carboxylic acids is 1. The number of benzene rings is 3. The second kappa shape index (κ2) is 11.8. The highest BCUT2D eigenvalue weighted by atomic mass is 79.9. The normalized spacial score (nSPS) is 12.1. The van der Waals surface area contributed by atoms with Crippen LogP contribution in [0.5, 0.6) is 0 Å². The van der Waals surface area contributed by atoms with E-state index in [2.05, 4.69) is 66.7 Å². The molecule has 0 spiro atoms. The Morgan fingerprint density at radius 2 is 1.97 bits per heavy atom. The minimum atomic E-state index is -0.415. The molecule has 2 N–H and O–H groups in total. The summed E-state index contributed by atoms with van der Waals surface area (Å²) in [6.07, 6.45) is 3.40. The maximum Gasteiger partial charge on any atom is 0.253 e. The zero-order valence-electron chi connectivity index (χ0n) is 19.2. The molecule has 35 heavy (non-hydrogen) atoms. The van der Waals surface area contributed by atoms with Gasteiger partial charge in [0.05, 0.1) is 18.0 Å². The highest BCUT2D eigenvalue weighted by Crippen LogP contribution is 2.25. The van der Waals surface area contributed by atoms with Gasteiger partial charge >= 0.3 is 0 Å². The highest BCUT2D eigenvalue weighted by molar-refractivity contribution is 9.10. The number of halogens is 1. The summed E-state index contributed by atoms with van der Waals surface area (Å²) in [5.41, 5.74) is 4.51. The molecule has 7 nitrogen and oxygen atoms in total. The molecule has 1 aromatic heterocycles. The molecule has 0 radical (unpaired) electrons. The molecule has 4 rings (SSSR count). The van der Waals surface area contributed by atoms with Crippen LogP contribution in [0.2, 0.25) is 0 Å². The van der Waals surface area contributed by atoms with Gasteiger partial charge in [-0.1, -0.05) is 82.3 Å². The number of nitrogens with zero attached hydrogens (tertiary/aromatic N) is 4. The lowest BCUT2D eigenvalue weighted by molar-refractivity contribution is -0.120. The molecular weight excluding hydrogens is 524 g/mol. The number of rotatable bonds is 10. The number of amides is 1. The van der Waals surface area contributed by atoms with Crippen molar-refractivity contribution in [2.24, 2.45) is 5.10 Å². The molecule has 0 aliphatic heterocycles. The second-order valence-electron chi connectivity index (χ2n) is 7.73. The van der Waals surface area contributed by atoms with Crippen molar-refractivity contribution in [3.8, 4) is 0 Å². The number of carbonyl (C=O) groups is 1. The van der Waals surface area contributed by atoms with Gasteiger partial charge in [0, 0.05) is 22.1 Å². The van der Waals surface area contributed by atoms with Crippen LogP contribution >= 0.6 is 27.7 Å². The van der Waals surface area contributed by atoms with Crippen LogP contribution in [0.1, 0.15) is 18.3 Å². The molecule has 9 heteroatoms. The third-order valence-corrected chi connectivity index (χ3v) is 6.79. The molecule has 1 unspecified atom stereocenters. The van der Waals surface area contributed by atoms with E-state index in [1.807, 2.05) is 60.0 Å². The zero-order valence-corrected chi connectivity index (χ0v) is 21.6. The van der Waals surface area contributed by atoms with Gasteiger partial charge in [-0.25, -0.2) is 5.43 Å². The van der Waals surface area contributed by atoms with Crippen LogP contribution in [0.3, 0.4) is 0 Å². The summed E-state index contributed by atoms with van der Waals surface area (Å²) >= 11 is 4.75. The Hall–Kier alpha value is -3.43. The van der Waals surface area contributed by atoms with E-state index in [-0.39, 0.29) is 5.91 Å². The molecule has 0 aliphatic carbocycles. The summed E-state index contributed by atoms with van der Waals surface area (Å²) in [4.78, 5) is 12.6. The maximum absolute atomic E-state index is 12.6. The van der Waals surface area contributed by atoms with Crippen LogP contribution in [0.25, 0.3) is 10.8 Å². The molecule has 178 valence electrons. The van der Waals surface area contributed by atoms with E-state index in [1.54, 1.807) is 12.3 Å². The van der Waals surface area contributed by atoms with Gasteiger partial charge in [-0.15, -0.1) is 16.8 Å². The molecule has 0 bridgehead atoms. The third kappa shape index (κ3) is 6.37. The van der Waals surface area contributed by atoms with E-state index < -0.39 is 5.25 Å². The number of aromatic nitrogens is 3. The van der Waals surface area contributed by atoms with Crippen LogP contribution in [0, 0.1) is 0 Å². The van der Waals surface area contributed by atoms with Gasteiger partial charge in [0.25, 0.3) is 5.91 Å². The number of hydrogen-bond donors (Lipinski definition) is 2. The molecule has 0 saturated heterocycles. The summed E-state index contributed by atoms with van der Waals surface area (Å²) in [6.45, 7) is 6.71. The average molecular weight is 549 g/mol. The van der Waals surface area contributed by atoms with Gasteiger partial charge in [0.15, 0.2) is 11.0 Å². The molecular formula is C26H25BrN6OS. The van der Waals surface area contributed by atoms with Crippen molar-refractivity contribution in [2.45, 2.75) is 30.4 Å². The molecule has 1 heterocycles. The van der Waals surface area contributed by atoms with Crippen molar-refractivity contribution >= 4 is 56.3 Å². The number of nitrogens with one attached hydrogen (secondary N) is 2. The van der Waals surface area contributed by atoms with Crippen molar-refractivity contribution in [3.63, 3.8) is 0 Å². The number of fused-ring (bicyclic) bond motifs is 1. The zero-order chi connectivity index (χ0) is 24.6. The van der Waals surface area contributed by atoms with Crippen molar-refractivity contribution in [1.29, 1.82) is 0 Å². The van der Waals surface area contributed by atoms with Gasteiger partial charge in [0.1, 0.15) is 0 Å². The van der Waals surface area contributed by atoms with Gasteiger partial charge in [-0.05, 0) is 36.1 Å². The second-order valence-corrected chi connectivity index (χ2v) is 9.95. The number of hydrogen-bond acceptors (Lipinski definition) is 6. The monoisotopic (exact) mass is 548 g/mol. The quantitative estimate of drug-likeness (QED) is 0.116. The van der Waals surface area contributed by atoms with Gasteiger partial charge in [-0.3, -0.25) is 4.79 Å². The van der Waals surface area contributed by atoms with E-state index in [9.17, 15) is 4.79 Å². The van der Waals surface area contributed by atoms with Crippen molar-refractivity contribution in [2.75, 3.05) is 5.32 Å². The van der Waals surface area contributed by atoms with Crippen LogP contribution in [0.4, 0.5) is 5.69 Å². The maximum atomic E-state index is 12.6. The number of allylic oxidation sites excluding steroid dienone is 1. The molecule has 4 aromatic rings. The molecule has 0 saturated carbocycles. The fourth-order valence-electron chi connectivity index (χ4n) is 3.46. The lowest BCUT2D eigenvalue weighted by Crippen LogP contribution is -2.27. The summed E-state index contributed by atoms with van der Waals surface area (Å²) in [7, 11) is 0. The number of hydrazone groups is 1. The largest absolute Gasteiger partial charge is 0.377 e. The highest BCUT2D eigenvalue weighted by Gasteiger charge is 2.19. The first kappa shape index (κ1) is 24.7. The first-order valence-corrected chi connectivity index (χ1v) is 12.7. The first-order chi connectivity index (χ1) is 17.0. The smallest absolute Gasteiger partial charge is 0.253 e. The van der Waals surface area contributed by atoms with E-state index in [0.29, 0.717) is 18.2 Å². The third-order valence-electron chi connectivity index (χ3n) is 5.22. The van der Waals surface area contributed by atoms with Crippen molar-refractivity contribution < 1.29 is 4.79 Å². The molecule has 1 atom stereocenters. The van der Waals surface area contributed by atoms with E-state index >= 15 is 0 Å². The van der Waals surface area contributed by atoms with Crippen molar-refractivity contribution in [1.82, 2.24) is 20.2 Å². The minimum absolute atomic E-state index is 0.218. The van der Waals surface area contributed by atoms with E-state index in [1.165, 1.54) is 17.1 Å². The van der Waals surface area contributed by atoms with Crippen molar-refractivity contribution in [3.05, 3.63) is 95.2 Å². The first-order valence-electron chi connectivity index (χ1n) is 11.0. The van der Waals surface area contributed by atoms with Gasteiger partial charge in [0.2, 0.25) is 0 Å². The Morgan fingerprint density at radius 1 is 1.17 bits per heavy atom. The van der Waals surface area contributed by atoms with Gasteiger partial charge in [-0.2, -0.15) is 5.10 Å². The van der Waals surface area contributed by atoms with Crippen LogP contribution in [-0.4, -0.2) is 32.1 Å². The molecule has 3 aromatic carbocycles. The molecule has 0 fully saturated rings. The van der Waals surface area contributed by atoms with Crippen LogP contribution < -0.4 is 10.7 Å². The molecule has 0 aliphatic rings. The summed E-state index contributed by atoms with van der Waals surface area (Å²) in [6, 6.07) is 22.1. The van der Waals surface area contributed by atoms with Crippen LogP contribution in [-0.2, 0) is 17.9 Å². The topological polar surface area (TPSA) is 84.2 Å². The Labute approximate surface area is 216 Å². The lowest BCUT2D eigenvalue weighted by Gasteiger charge is -2.13. The Balaban J connectivity index is 1.41. The fourth-order valence-corrected chi connectivity index (χ4v) is 4.75. The number of anilines is 1. The summed E-state index contributed by atoms with van der Waals surface area (Å²) in [5, 5.41) is 18.8. The lowest BCUT2D eigenvalue weighted by atomic mass is 10.1. The predicted octanol–water partition coefficient (Wildman–Crippen LogP) is 5.62. The SMILES string of the molecule is C=CCn1c(CNc2cccc3ccccc23)nnc1SC(C)C(=O)N/N=C/c1cccc(Br)c1. The van der Waals surface area contributed by atoms with E-state index in [0.717, 1.165) is 26.9 Å². The van der Waals surface area contributed by atoms with Gasteiger partial charge < -0.3 is 9.88 Å². The minimum Gasteiger partial charge on any atom is -0.377 e. The Morgan fingerprint density at radius 3 is 2.80 bits per heavy atom. The Bertz CT molecular complexity index is 1360. The standard InChI is InChI=1S/C26H25BrN6OS/c1-3-14-33-24(17-28-23-13-7-10-20-9-4-5-12-22(20)23)30-32-26(33)35-18(2)25(34)31-29-16-19-8-6-11-21(27)15-19/h3-13,15-16,18,28H,1,14,17H2,2H3,(H,31,34)/b29-16+. The average Bonchev–Trinajstić information content (AvgIpc) is 3.23. The van der Waals surface area contributed by atoms with E-state index in [4.69, 9.17) is 0 Å². The number of thioether (sulfide) groups is 1. The Kier molecular flexibility index (Phi) is 8.33. The molecule has 1 amide bonds.